The van der Waals surface area contributed by atoms with Crippen molar-refractivity contribution in [2.75, 3.05) is 44.2 Å². The highest BCUT2D eigenvalue weighted by molar-refractivity contribution is 7.86. The minimum atomic E-state index is -3.27. The fourth-order valence-corrected chi connectivity index (χ4v) is 4.62. The van der Waals surface area contributed by atoms with Gasteiger partial charge < -0.3 is 4.90 Å². The summed E-state index contributed by atoms with van der Waals surface area (Å²) in [7, 11) is -3.27. The van der Waals surface area contributed by atoms with Gasteiger partial charge in [0.2, 0.25) is 0 Å². The third kappa shape index (κ3) is 3.20. The minimum absolute atomic E-state index is 0.537. The Balaban J connectivity index is 1.62. The number of rotatable bonds is 3. The van der Waals surface area contributed by atoms with Crippen LogP contribution in [-0.2, 0) is 10.2 Å². The van der Waals surface area contributed by atoms with E-state index in [4.69, 9.17) is 0 Å². The van der Waals surface area contributed by atoms with E-state index in [1.54, 1.807) is 14.8 Å². The molecule has 7 heteroatoms. The lowest BCUT2D eigenvalue weighted by Crippen LogP contribution is -2.54. The number of aromatic nitrogens is 1. The van der Waals surface area contributed by atoms with Crippen LogP contribution in [0.25, 0.3) is 0 Å². The molecule has 0 aliphatic carbocycles. The Morgan fingerprint density at radius 1 is 0.857 bits per heavy atom. The first kappa shape index (κ1) is 14.7. The second-order valence-corrected chi connectivity index (χ2v) is 7.47. The largest absolute Gasteiger partial charge is 0.354 e. The van der Waals surface area contributed by atoms with Gasteiger partial charge in [0.15, 0.2) is 0 Å². The van der Waals surface area contributed by atoms with Crippen molar-refractivity contribution in [3.8, 4) is 0 Å². The smallest absolute Gasteiger partial charge is 0.282 e. The van der Waals surface area contributed by atoms with E-state index in [1.807, 2.05) is 18.2 Å². The zero-order valence-electron chi connectivity index (χ0n) is 12.2. The number of anilines is 1. The molecule has 0 amide bonds. The monoisotopic (exact) mass is 310 g/mol. The third-order valence-electron chi connectivity index (χ3n) is 4.18. The Labute approximate surface area is 126 Å². The molecular weight excluding hydrogens is 288 g/mol. The maximum Gasteiger partial charge on any atom is 0.282 e. The maximum absolute atomic E-state index is 12.6. The zero-order chi connectivity index (χ0) is 14.7. The van der Waals surface area contributed by atoms with Crippen LogP contribution in [0.4, 0.5) is 5.82 Å². The average Bonchev–Trinajstić information content (AvgIpc) is 2.57. The Morgan fingerprint density at radius 3 is 2.14 bits per heavy atom. The van der Waals surface area contributed by atoms with Crippen LogP contribution in [0.1, 0.15) is 19.3 Å². The molecule has 2 fully saturated rings. The molecule has 2 aliphatic rings. The maximum atomic E-state index is 12.6. The van der Waals surface area contributed by atoms with E-state index in [2.05, 4.69) is 9.88 Å². The molecule has 0 N–H and O–H groups in total. The summed E-state index contributed by atoms with van der Waals surface area (Å²) in [5.41, 5.74) is 0. The van der Waals surface area contributed by atoms with Gasteiger partial charge in [0.1, 0.15) is 5.82 Å². The predicted octanol–water partition coefficient (Wildman–Crippen LogP) is 0.934. The molecule has 2 aliphatic heterocycles. The molecule has 116 valence electrons. The molecule has 0 aromatic carbocycles. The van der Waals surface area contributed by atoms with Crippen molar-refractivity contribution in [3.63, 3.8) is 0 Å². The normalized spacial score (nSPS) is 22.4. The van der Waals surface area contributed by atoms with Crippen molar-refractivity contribution in [1.82, 2.24) is 13.6 Å². The molecule has 3 heterocycles. The standard InChI is InChI=1S/C14H22N4O2S/c19-21(20,17-8-4-1-5-9-17)18-12-10-16(11-13-18)14-6-2-3-7-15-14/h2-3,6-7H,1,4-5,8-13H2. The Bertz CT molecular complexity index is 550. The Morgan fingerprint density at radius 2 is 1.52 bits per heavy atom. The van der Waals surface area contributed by atoms with Crippen LogP contribution in [0.5, 0.6) is 0 Å². The summed E-state index contributed by atoms with van der Waals surface area (Å²) >= 11 is 0. The SMILES string of the molecule is O=S(=O)(N1CCCCC1)N1CCN(c2ccccn2)CC1. The van der Waals surface area contributed by atoms with Crippen molar-refractivity contribution < 1.29 is 8.42 Å². The molecule has 2 saturated heterocycles. The molecule has 0 bridgehead atoms. The molecule has 0 radical (unpaired) electrons. The summed E-state index contributed by atoms with van der Waals surface area (Å²) in [6.45, 7) is 3.81. The number of piperazine rings is 1. The van der Waals surface area contributed by atoms with Crippen molar-refractivity contribution in [3.05, 3.63) is 24.4 Å². The first-order valence-electron chi connectivity index (χ1n) is 7.59. The van der Waals surface area contributed by atoms with Crippen LogP contribution in [0.15, 0.2) is 24.4 Å². The third-order valence-corrected chi connectivity index (χ3v) is 6.21. The van der Waals surface area contributed by atoms with Gasteiger partial charge in [-0.05, 0) is 25.0 Å². The van der Waals surface area contributed by atoms with Crippen molar-refractivity contribution in [2.45, 2.75) is 19.3 Å². The summed E-state index contributed by atoms with van der Waals surface area (Å²) in [4.78, 5) is 6.47. The molecule has 0 unspecified atom stereocenters. The van der Waals surface area contributed by atoms with Gasteiger partial charge in [-0.15, -0.1) is 0 Å². The summed E-state index contributed by atoms with van der Waals surface area (Å²) in [5, 5.41) is 0. The van der Waals surface area contributed by atoms with Crippen LogP contribution >= 0.6 is 0 Å². The zero-order valence-corrected chi connectivity index (χ0v) is 13.0. The van der Waals surface area contributed by atoms with Gasteiger partial charge in [0.05, 0.1) is 0 Å². The van der Waals surface area contributed by atoms with E-state index in [-0.39, 0.29) is 0 Å². The lowest BCUT2D eigenvalue weighted by atomic mass is 10.2. The van der Waals surface area contributed by atoms with Crippen molar-refractivity contribution >= 4 is 16.0 Å². The van der Waals surface area contributed by atoms with Gasteiger partial charge in [0, 0.05) is 45.5 Å². The van der Waals surface area contributed by atoms with E-state index < -0.39 is 10.2 Å². The molecule has 3 rings (SSSR count). The van der Waals surface area contributed by atoms with E-state index in [0.29, 0.717) is 39.3 Å². The fraction of sp³-hybridized carbons (Fsp3) is 0.643. The second-order valence-electron chi connectivity index (χ2n) is 5.54. The Kier molecular flexibility index (Phi) is 4.42. The van der Waals surface area contributed by atoms with Gasteiger partial charge in [-0.25, -0.2) is 4.98 Å². The molecule has 1 aromatic rings. The number of pyridine rings is 1. The molecular formula is C14H22N4O2S. The topological polar surface area (TPSA) is 56.8 Å². The van der Waals surface area contributed by atoms with E-state index in [1.165, 1.54) is 0 Å². The molecule has 0 saturated carbocycles. The molecule has 0 atom stereocenters. The van der Waals surface area contributed by atoms with Crippen LogP contribution < -0.4 is 4.90 Å². The van der Waals surface area contributed by atoms with E-state index in [0.717, 1.165) is 25.1 Å². The number of nitrogens with zero attached hydrogens (tertiary/aromatic N) is 4. The van der Waals surface area contributed by atoms with Gasteiger partial charge in [-0.3, -0.25) is 0 Å². The van der Waals surface area contributed by atoms with Crippen molar-refractivity contribution in [1.29, 1.82) is 0 Å². The predicted molar refractivity (Wildman–Crippen MR) is 82.4 cm³/mol. The summed E-state index contributed by atoms with van der Waals surface area (Å²) < 4.78 is 28.5. The number of piperidine rings is 1. The number of hydrogen-bond donors (Lipinski definition) is 0. The van der Waals surface area contributed by atoms with Crippen LogP contribution in [0, 0.1) is 0 Å². The Hall–Kier alpha value is -1.18. The van der Waals surface area contributed by atoms with Crippen LogP contribution in [0.3, 0.4) is 0 Å². The van der Waals surface area contributed by atoms with Gasteiger partial charge in [-0.2, -0.15) is 17.0 Å². The molecule has 1 aromatic heterocycles. The van der Waals surface area contributed by atoms with Gasteiger partial charge >= 0.3 is 0 Å². The summed E-state index contributed by atoms with van der Waals surface area (Å²) in [6.07, 6.45) is 4.87. The van der Waals surface area contributed by atoms with Crippen LogP contribution in [0.2, 0.25) is 0 Å². The summed E-state index contributed by atoms with van der Waals surface area (Å²) in [6, 6.07) is 5.81. The molecule has 0 spiro atoms. The first-order chi connectivity index (χ1) is 10.2. The molecule has 6 nitrogen and oxygen atoms in total. The second kappa shape index (κ2) is 6.29. The van der Waals surface area contributed by atoms with Crippen molar-refractivity contribution in [2.24, 2.45) is 0 Å². The molecule has 21 heavy (non-hydrogen) atoms. The lowest BCUT2D eigenvalue weighted by molar-refractivity contribution is 0.295. The highest BCUT2D eigenvalue weighted by atomic mass is 32.2. The number of hydrogen-bond acceptors (Lipinski definition) is 4. The fourth-order valence-electron chi connectivity index (χ4n) is 2.95. The first-order valence-corrected chi connectivity index (χ1v) is 8.99. The quantitative estimate of drug-likeness (QED) is 0.833. The van der Waals surface area contributed by atoms with Crippen LogP contribution in [-0.4, -0.2) is 61.3 Å². The highest BCUT2D eigenvalue weighted by Gasteiger charge is 2.33. The minimum Gasteiger partial charge on any atom is -0.354 e. The van der Waals surface area contributed by atoms with E-state index >= 15 is 0 Å². The van der Waals surface area contributed by atoms with Gasteiger partial charge in [0.25, 0.3) is 10.2 Å². The summed E-state index contributed by atoms with van der Waals surface area (Å²) in [5.74, 6) is 0.924. The van der Waals surface area contributed by atoms with Gasteiger partial charge in [-0.1, -0.05) is 12.5 Å². The lowest BCUT2D eigenvalue weighted by Gasteiger charge is -2.38. The highest BCUT2D eigenvalue weighted by Crippen LogP contribution is 2.19. The average molecular weight is 310 g/mol. The van der Waals surface area contributed by atoms with E-state index in [9.17, 15) is 8.42 Å².